The molecule has 0 amide bonds. The van der Waals surface area contributed by atoms with Crippen molar-refractivity contribution in [2.45, 2.75) is 76.4 Å². The Bertz CT molecular complexity index is 1130. The Morgan fingerprint density at radius 1 is 0.975 bits per heavy atom. The quantitative estimate of drug-likeness (QED) is 0.250. The summed E-state index contributed by atoms with van der Waals surface area (Å²) in [5.41, 5.74) is 1.52. The summed E-state index contributed by atoms with van der Waals surface area (Å²) < 4.78 is 15.9. The number of phenolic OH excluding ortho intramolecular Hbond substituents is 2. The molecule has 0 saturated heterocycles. The SMILES string of the molecule is COc1cc(C[C@H](O)[C@H](CC(=O)C[C@@H](c2ccc(O)c(OC)c2)[C@@H]2CCC[C@H](CCO)C2)OC(C)=O)ccc1O. The van der Waals surface area contributed by atoms with Gasteiger partial charge in [-0.05, 0) is 72.4 Å². The largest absolute Gasteiger partial charge is 0.504 e. The second-order valence-corrected chi connectivity index (χ2v) is 10.7. The summed E-state index contributed by atoms with van der Waals surface area (Å²) in [5, 5.41) is 40.5. The van der Waals surface area contributed by atoms with Gasteiger partial charge in [-0.15, -0.1) is 0 Å². The fourth-order valence-electron chi connectivity index (χ4n) is 5.87. The van der Waals surface area contributed by atoms with Crippen molar-refractivity contribution in [3.05, 3.63) is 47.5 Å². The summed E-state index contributed by atoms with van der Waals surface area (Å²) in [6.07, 6.45) is 2.47. The van der Waals surface area contributed by atoms with E-state index in [0.29, 0.717) is 17.2 Å². The number of hydrogen-bond donors (Lipinski definition) is 4. The molecule has 1 aliphatic carbocycles. The van der Waals surface area contributed by atoms with Crippen LogP contribution in [0, 0.1) is 11.8 Å². The van der Waals surface area contributed by atoms with Crippen molar-refractivity contribution in [1.29, 1.82) is 0 Å². The summed E-state index contributed by atoms with van der Waals surface area (Å²) >= 11 is 0. The van der Waals surface area contributed by atoms with Crippen LogP contribution in [0.1, 0.15) is 68.9 Å². The summed E-state index contributed by atoms with van der Waals surface area (Å²) in [5.74, 6) is 0.201. The van der Waals surface area contributed by atoms with Crippen molar-refractivity contribution in [3.8, 4) is 23.0 Å². The van der Waals surface area contributed by atoms with Crippen LogP contribution in [0.15, 0.2) is 36.4 Å². The minimum atomic E-state index is -1.15. The van der Waals surface area contributed by atoms with Crippen molar-refractivity contribution < 1.29 is 44.2 Å². The molecule has 0 aliphatic heterocycles. The molecule has 1 saturated carbocycles. The fraction of sp³-hybridized carbons (Fsp3) is 0.548. The maximum atomic E-state index is 13.5. The van der Waals surface area contributed by atoms with Crippen molar-refractivity contribution in [2.24, 2.45) is 11.8 Å². The van der Waals surface area contributed by atoms with E-state index in [1.54, 1.807) is 24.3 Å². The van der Waals surface area contributed by atoms with Crippen LogP contribution in [0.4, 0.5) is 0 Å². The number of aliphatic hydroxyl groups is 2. The van der Waals surface area contributed by atoms with E-state index in [1.807, 2.05) is 6.07 Å². The van der Waals surface area contributed by atoms with Crippen molar-refractivity contribution in [1.82, 2.24) is 0 Å². The maximum absolute atomic E-state index is 13.5. The summed E-state index contributed by atoms with van der Waals surface area (Å²) in [6, 6.07) is 9.81. The number of carbonyl (C=O) groups excluding carboxylic acids is 2. The zero-order valence-corrected chi connectivity index (χ0v) is 23.5. The van der Waals surface area contributed by atoms with E-state index in [1.165, 1.54) is 27.2 Å². The lowest BCUT2D eigenvalue weighted by Crippen LogP contribution is -2.35. The number of ether oxygens (including phenoxy) is 3. The highest BCUT2D eigenvalue weighted by Gasteiger charge is 2.33. The summed E-state index contributed by atoms with van der Waals surface area (Å²) in [6.45, 7) is 1.37. The molecule has 40 heavy (non-hydrogen) atoms. The lowest BCUT2D eigenvalue weighted by atomic mass is 9.70. The Kier molecular flexibility index (Phi) is 11.6. The second-order valence-electron chi connectivity index (χ2n) is 10.7. The number of esters is 1. The first kappa shape index (κ1) is 31.2. The van der Waals surface area contributed by atoms with E-state index in [2.05, 4.69) is 0 Å². The average molecular weight is 559 g/mol. The van der Waals surface area contributed by atoms with Gasteiger partial charge in [0.15, 0.2) is 23.0 Å². The van der Waals surface area contributed by atoms with Crippen LogP contribution >= 0.6 is 0 Å². The predicted molar refractivity (Wildman–Crippen MR) is 149 cm³/mol. The van der Waals surface area contributed by atoms with Crippen LogP contribution < -0.4 is 9.47 Å². The molecule has 9 nitrogen and oxygen atoms in total. The number of benzene rings is 2. The summed E-state index contributed by atoms with van der Waals surface area (Å²) in [4.78, 5) is 25.4. The molecular weight excluding hydrogens is 516 g/mol. The van der Waals surface area contributed by atoms with Gasteiger partial charge in [0.1, 0.15) is 11.9 Å². The first-order valence-electron chi connectivity index (χ1n) is 13.9. The van der Waals surface area contributed by atoms with Gasteiger partial charge in [0.2, 0.25) is 0 Å². The van der Waals surface area contributed by atoms with Crippen molar-refractivity contribution in [2.75, 3.05) is 20.8 Å². The van der Waals surface area contributed by atoms with E-state index in [-0.39, 0.29) is 60.7 Å². The van der Waals surface area contributed by atoms with E-state index in [0.717, 1.165) is 37.7 Å². The minimum absolute atomic E-state index is 0.0158. The number of rotatable bonds is 14. The smallest absolute Gasteiger partial charge is 0.303 e. The van der Waals surface area contributed by atoms with Crippen LogP contribution in [0.25, 0.3) is 0 Å². The van der Waals surface area contributed by atoms with Gasteiger partial charge in [-0.1, -0.05) is 25.0 Å². The maximum Gasteiger partial charge on any atom is 0.303 e. The molecule has 9 heteroatoms. The number of methoxy groups -OCH3 is 2. The predicted octanol–water partition coefficient (Wildman–Crippen LogP) is 4.27. The topological polar surface area (TPSA) is 143 Å². The number of aliphatic hydroxyl groups excluding tert-OH is 2. The van der Waals surface area contributed by atoms with Gasteiger partial charge in [0.05, 0.1) is 20.3 Å². The molecule has 0 spiro atoms. The molecule has 3 rings (SSSR count). The van der Waals surface area contributed by atoms with Gasteiger partial charge in [0.25, 0.3) is 0 Å². The molecule has 0 radical (unpaired) electrons. The van der Waals surface area contributed by atoms with E-state index >= 15 is 0 Å². The van der Waals surface area contributed by atoms with E-state index < -0.39 is 18.2 Å². The highest BCUT2D eigenvalue weighted by atomic mass is 16.6. The fourth-order valence-corrected chi connectivity index (χ4v) is 5.87. The molecule has 5 atom stereocenters. The van der Waals surface area contributed by atoms with Gasteiger partial charge in [-0.3, -0.25) is 9.59 Å². The number of aromatic hydroxyl groups is 2. The second kappa shape index (κ2) is 14.9. The molecule has 0 unspecified atom stereocenters. The molecule has 0 heterocycles. The first-order chi connectivity index (χ1) is 19.1. The third kappa shape index (κ3) is 8.60. The van der Waals surface area contributed by atoms with Gasteiger partial charge in [-0.2, -0.15) is 0 Å². The minimum Gasteiger partial charge on any atom is -0.504 e. The van der Waals surface area contributed by atoms with Crippen LogP contribution in [0.5, 0.6) is 23.0 Å². The molecule has 2 aromatic rings. The van der Waals surface area contributed by atoms with Gasteiger partial charge >= 0.3 is 5.97 Å². The van der Waals surface area contributed by atoms with Crippen molar-refractivity contribution in [3.63, 3.8) is 0 Å². The normalized spacial score (nSPS) is 19.3. The Balaban J connectivity index is 1.80. The molecule has 4 N–H and O–H groups in total. The standard InChI is InChI=1S/C31H42O9/c1-19(33)40-31(28(37)14-21-7-9-26(35)29(15-21)38-2)18-24(34)17-25(22-6-4-5-20(13-22)11-12-32)23-8-10-27(36)30(16-23)39-3/h7-10,15-16,20,22,25,28,31-32,35-37H,4-6,11-14,17-18H2,1-3H3/t20-,22-,25-,28+,31+/m1/s1. The van der Waals surface area contributed by atoms with Crippen LogP contribution in [-0.2, 0) is 20.7 Å². The third-order valence-electron chi connectivity index (χ3n) is 7.87. The van der Waals surface area contributed by atoms with Crippen LogP contribution in [-0.4, -0.2) is 65.2 Å². The highest BCUT2D eigenvalue weighted by molar-refractivity contribution is 5.80. The van der Waals surface area contributed by atoms with Gasteiger partial charge < -0.3 is 34.6 Å². The lowest BCUT2D eigenvalue weighted by molar-refractivity contribution is -0.154. The molecule has 0 bridgehead atoms. The molecular formula is C31H42O9. The number of ketones is 1. The Morgan fingerprint density at radius 2 is 1.65 bits per heavy atom. The Hall–Kier alpha value is -3.30. The highest BCUT2D eigenvalue weighted by Crippen LogP contribution is 2.43. The van der Waals surface area contributed by atoms with Crippen LogP contribution in [0.2, 0.25) is 0 Å². The number of carbonyl (C=O) groups is 2. The molecule has 1 aliphatic rings. The zero-order valence-electron chi connectivity index (χ0n) is 23.5. The number of Topliss-reactive ketones (excluding diaryl/α,β-unsaturated/α-hetero) is 1. The zero-order chi connectivity index (χ0) is 29.2. The monoisotopic (exact) mass is 558 g/mol. The molecule has 1 fully saturated rings. The number of hydrogen-bond acceptors (Lipinski definition) is 9. The third-order valence-corrected chi connectivity index (χ3v) is 7.87. The lowest BCUT2D eigenvalue weighted by Gasteiger charge is -2.35. The van der Waals surface area contributed by atoms with E-state index in [9.17, 15) is 30.0 Å². The molecule has 220 valence electrons. The van der Waals surface area contributed by atoms with E-state index in [4.69, 9.17) is 14.2 Å². The van der Waals surface area contributed by atoms with Crippen molar-refractivity contribution >= 4 is 11.8 Å². The average Bonchev–Trinajstić information content (AvgIpc) is 2.93. The van der Waals surface area contributed by atoms with Crippen LogP contribution in [0.3, 0.4) is 0 Å². The summed E-state index contributed by atoms with van der Waals surface area (Å²) in [7, 11) is 2.90. The Labute approximate surface area is 235 Å². The first-order valence-corrected chi connectivity index (χ1v) is 13.9. The molecule has 2 aromatic carbocycles. The van der Waals surface area contributed by atoms with Gasteiger partial charge in [-0.25, -0.2) is 0 Å². The number of phenols is 2. The Morgan fingerprint density at radius 3 is 2.30 bits per heavy atom. The molecule has 0 aromatic heterocycles. The van der Waals surface area contributed by atoms with Gasteiger partial charge in [0, 0.05) is 32.8 Å².